The number of rotatable bonds is 11. The van der Waals surface area contributed by atoms with Gasteiger partial charge in [0.25, 0.3) is 5.56 Å². The molecule has 3 rings (SSSR count). The molecule has 3 aromatic rings. The monoisotopic (exact) mass is 597 g/mol. The molecular weight excluding hydrogens is 561 g/mol. The molecule has 0 aliphatic carbocycles. The average Bonchev–Trinajstić information content (AvgIpc) is 3.29. The lowest BCUT2D eigenvalue weighted by Gasteiger charge is -2.17. The first kappa shape index (κ1) is 32.6. The summed E-state index contributed by atoms with van der Waals surface area (Å²) in [6, 6.07) is 5.89. The molecule has 3 amide bonds. The number of allylic oxidation sites excluding steroid dienone is 1. The summed E-state index contributed by atoms with van der Waals surface area (Å²) >= 11 is 0. The number of pyridine rings is 1. The van der Waals surface area contributed by atoms with Crippen molar-refractivity contribution in [3.63, 3.8) is 0 Å². The summed E-state index contributed by atoms with van der Waals surface area (Å²) in [6.45, 7) is 3.71. The molecule has 230 valence electrons. The van der Waals surface area contributed by atoms with Crippen molar-refractivity contribution in [3.05, 3.63) is 76.1 Å². The molecule has 0 spiro atoms. The van der Waals surface area contributed by atoms with Gasteiger partial charge in [-0.25, -0.2) is 18.5 Å². The zero-order valence-electron chi connectivity index (χ0n) is 24.7. The van der Waals surface area contributed by atoms with E-state index in [4.69, 9.17) is 0 Å². The molecule has 0 fully saturated rings. The van der Waals surface area contributed by atoms with Gasteiger partial charge in [-0.15, -0.1) is 0 Å². The van der Waals surface area contributed by atoms with E-state index in [-0.39, 0.29) is 42.6 Å². The Bertz CT molecular complexity index is 1610. The number of likely N-dealkylation sites (N-methyl/N-ethyl adjacent to an activating group) is 1. The highest BCUT2D eigenvalue weighted by molar-refractivity contribution is 5.96. The van der Waals surface area contributed by atoms with E-state index in [1.54, 1.807) is 20.2 Å². The number of hydrogen-bond donors (Lipinski definition) is 3. The number of alkyl carbamates (subject to hydrolysis) is 1. The number of fused-ring (bicyclic) bond motifs is 1. The second kappa shape index (κ2) is 14.3. The van der Waals surface area contributed by atoms with Crippen LogP contribution in [0.25, 0.3) is 10.9 Å². The molecular formula is C30H36FN5O7. The van der Waals surface area contributed by atoms with Gasteiger partial charge in [0.2, 0.25) is 11.8 Å². The highest BCUT2D eigenvalue weighted by Crippen LogP contribution is 2.27. The Morgan fingerprint density at radius 3 is 2.51 bits per heavy atom. The summed E-state index contributed by atoms with van der Waals surface area (Å²) in [5.41, 5.74) is 0.394. The number of aromatic nitrogens is 2. The lowest BCUT2D eigenvalue weighted by Crippen LogP contribution is -2.44. The molecule has 1 atom stereocenters. The van der Waals surface area contributed by atoms with E-state index in [1.165, 1.54) is 52.1 Å². The first-order valence-corrected chi connectivity index (χ1v) is 13.6. The lowest BCUT2D eigenvalue weighted by molar-refractivity contribution is -0.123. The largest absolute Gasteiger partial charge is 0.464 e. The van der Waals surface area contributed by atoms with Gasteiger partial charge in [-0.2, -0.15) is 0 Å². The normalized spacial score (nSPS) is 12.0. The molecule has 0 saturated carbocycles. The molecule has 13 heteroatoms. The molecule has 12 nitrogen and oxygen atoms in total. The molecule has 0 radical (unpaired) electrons. The van der Waals surface area contributed by atoms with Crippen LogP contribution in [-0.2, 0) is 27.3 Å². The van der Waals surface area contributed by atoms with Gasteiger partial charge in [-0.1, -0.05) is 19.9 Å². The van der Waals surface area contributed by atoms with E-state index < -0.39 is 35.5 Å². The van der Waals surface area contributed by atoms with Crippen molar-refractivity contribution >= 4 is 40.6 Å². The fourth-order valence-electron chi connectivity index (χ4n) is 4.60. The maximum Gasteiger partial charge on any atom is 0.416 e. The van der Waals surface area contributed by atoms with E-state index in [2.05, 4.69) is 15.4 Å². The van der Waals surface area contributed by atoms with E-state index in [1.807, 2.05) is 13.8 Å². The van der Waals surface area contributed by atoms with Gasteiger partial charge >= 0.3 is 12.2 Å². The lowest BCUT2D eigenvalue weighted by atomic mass is 10.0. The number of carbonyl (C=O) groups excluding carboxylic acids is 3. The van der Waals surface area contributed by atoms with E-state index in [0.717, 1.165) is 11.7 Å². The van der Waals surface area contributed by atoms with Crippen LogP contribution >= 0.6 is 0 Å². The molecule has 1 aromatic carbocycles. The molecule has 0 bridgehead atoms. The zero-order chi connectivity index (χ0) is 31.8. The Balaban J connectivity index is 1.89. The second-order valence-corrected chi connectivity index (χ2v) is 10.6. The molecule has 43 heavy (non-hydrogen) atoms. The van der Waals surface area contributed by atoms with Crippen molar-refractivity contribution < 1.29 is 33.4 Å². The number of anilines is 1. The Labute approximate surface area is 247 Å². The fraction of sp³-hybridized carbons (Fsp3) is 0.367. The number of amides is 3. The summed E-state index contributed by atoms with van der Waals surface area (Å²) in [5.74, 6) is -1.28. The number of carbonyl (C=O) groups is 4. The maximum absolute atomic E-state index is 14.4. The molecule has 3 N–H and O–H groups in total. The van der Waals surface area contributed by atoms with E-state index in [0.29, 0.717) is 22.9 Å². The number of methoxy groups -OCH3 is 1. The highest BCUT2D eigenvalue weighted by atomic mass is 19.1. The summed E-state index contributed by atoms with van der Waals surface area (Å²) in [7, 11) is 4.34. The van der Waals surface area contributed by atoms with Crippen LogP contribution < -0.4 is 16.2 Å². The van der Waals surface area contributed by atoms with Crippen molar-refractivity contribution in [1.82, 2.24) is 19.4 Å². The van der Waals surface area contributed by atoms with Gasteiger partial charge in [0, 0.05) is 25.7 Å². The smallest absolute Gasteiger partial charge is 0.416 e. The van der Waals surface area contributed by atoms with E-state index >= 15 is 0 Å². The van der Waals surface area contributed by atoms with Crippen LogP contribution in [0.5, 0.6) is 0 Å². The van der Waals surface area contributed by atoms with Crippen LogP contribution in [0, 0.1) is 11.7 Å². The predicted molar refractivity (Wildman–Crippen MR) is 159 cm³/mol. The quantitative estimate of drug-likeness (QED) is 0.284. The number of nitrogens with zero attached hydrogens (tertiary/aromatic N) is 3. The number of halogens is 1. The zero-order valence-corrected chi connectivity index (χ0v) is 24.7. The minimum atomic E-state index is -1.28. The average molecular weight is 598 g/mol. The predicted octanol–water partition coefficient (Wildman–Crippen LogP) is 3.80. The van der Waals surface area contributed by atoms with Crippen LogP contribution in [0.15, 0.2) is 53.5 Å². The van der Waals surface area contributed by atoms with Crippen LogP contribution in [0.1, 0.15) is 37.9 Å². The van der Waals surface area contributed by atoms with Crippen molar-refractivity contribution in [3.8, 4) is 0 Å². The van der Waals surface area contributed by atoms with Crippen LogP contribution in [0.4, 0.5) is 19.7 Å². The minimum Gasteiger partial charge on any atom is -0.464 e. The van der Waals surface area contributed by atoms with Gasteiger partial charge in [0.1, 0.15) is 17.5 Å². The molecule has 2 heterocycles. The molecule has 0 saturated heterocycles. The van der Waals surface area contributed by atoms with Gasteiger partial charge in [0.05, 0.1) is 24.9 Å². The first-order valence-electron chi connectivity index (χ1n) is 13.6. The number of ether oxygens (including phenoxy) is 1. The summed E-state index contributed by atoms with van der Waals surface area (Å²) in [5, 5.41) is 15.4. The fourth-order valence-corrected chi connectivity index (χ4v) is 4.60. The second-order valence-electron chi connectivity index (χ2n) is 10.6. The van der Waals surface area contributed by atoms with Gasteiger partial charge in [-0.3, -0.25) is 14.4 Å². The van der Waals surface area contributed by atoms with Crippen LogP contribution in [-0.4, -0.2) is 70.4 Å². The SMILES string of the molecule is COC(=O)NC(CC/C=C/C(=O)N(C)C)C(=O)Nc1cccn(Cc2cc3cc(F)cc(CC(C)C)c3n2C(=O)O)c1=O. The van der Waals surface area contributed by atoms with Gasteiger partial charge in [0.15, 0.2) is 0 Å². The van der Waals surface area contributed by atoms with Gasteiger partial charge < -0.3 is 29.9 Å². The number of carboxylic acid groups (broad SMARTS) is 1. The molecule has 1 unspecified atom stereocenters. The van der Waals surface area contributed by atoms with Crippen molar-refractivity contribution in [2.45, 2.75) is 45.7 Å². The van der Waals surface area contributed by atoms with Crippen molar-refractivity contribution in [2.24, 2.45) is 5.92 Å². The van der Waals surface area contributed by atoms with E-state index in [9.17, 15) is 33.5 Å². The van der Waals surface area contributed by atoms with Crippen molar-refractivity contribution in [1.29, 1.82) is 0 Å². The standard InChI is InChI=1S/C30H36FN5O7/c1-18(2)13-19-14-21(31)15-20-16-22(36(26(19)20)30(41)42)17-35-12-8-10-24(28(35)39)32-27(38)23(33-29(40)43-5)9-6-7-11-25(37)34(3)4/h7-8,10-12,14-16,18,23H,6,9,13,17H2,1-5H3,(H,32,38)(H,33,40)(H,41,42)/b11-7+. The first-order chi connectivity index (χ1) is 20.3. The third-order valence-electron chi connectivity index (χ3n) is 6.56. The summed E-state index contributed by atoms with van der Waals surface area (Å²) in [6.07, 6.45) is 3.04. The van der Waals surface area contributed by atoms with Crippen LogP contribution in [0.2, 0.25) is 0 Å². The summed E-state index contributed by atoms with van der Waals surface area (Å²) < 4.78 is 21.3. The Hall–Kier alpha value is -4.94. The summed E-state index contributed by atoms with van der Waals surface area (Å²) in [4.78, 5) is 63.8. The third kappa shape index (κ3) is 8.31. The number of hydrogen-bond acceptors (Lipinski definition) is 6. The molecule has 2 aromatic heterocycles. The Morgan fingerprint density at radius 2 is 1.88 bits per heavy atom. The Kier molecular flexibility index (Phi) is 10.8. The number of nitrogens with one attached hydrogen (secondary N) is 2. The number of benzene rings is 1. The highest BCUT2D eigenvalue weighted by Gasteiger charge is 2.23. The molecule has 0 aliphatic heterocycles. The van der Waals surface area contributed by atoms with Crippen molar-refractivity contribution in [2.75, 3.05) is 26.5 Å². The van der Waals surface area contributed by atoms with Gasteiger partial charge in [-0.05, 0) is 67.2 Å². The third-order valence-corrected chi connectivity index (χ3v) is 6.56. The maximum atomic E-state index is 14.4. The molecule has 0 aliphatic rings. The Morgan fingerprint density at radius 1 is 1.16 bits per heavy atom. The van der Waals surface area contributed by atoms with Crippen LogP contribution in [0.3, 0.4) is 0 Å². The topological polar surface area (TPSA) is 152 Å². The minimum absolute atomic E-state index is 0.104.